The smallest absolute Gasteiger partial charge is 0.0588 e. The van der Waals surface area contributed by atoms with Gasteiger partial charge in [-0.15, -0.1) is 0 Å². The van der Waals surface area contributed by atoms with Gasteiger partial charge in [-0.1, -0.05) is 36.2 Å². The number of nitrogens with one attached hydrogen (secondary N) is 1. The van der Waals surface area contributed by atoms with Crippen molar-refractivity contribution in [3.63, 3.8) is 0 Å². The van der Waals surface area contributed by atoms with Crippen molar-refractivity contribution in [2.75, 3.05) is 13.2 Å². The summed E-state index contributed by atoms with van der Waals surface area (Å²) in [6.45, 7) is 4.04. The van der Waals surface area contributed by atoms with Crippen molar-refractivity contribution in [3.05, 3.63) is 33.8 Å². The molecule has 1 saturated heterocycles. The van der Waals surface area contributed by atoms with E-state index in [0.717, 1.165) is 36.6 Å². The van der Waals surface area contributed by atoms with Crippen molar-refractivity contribution < 1.29 is 4.74 Å². The van der Waals surface area contributed by atoms with Gasteiger partial charge in [0.05, 0.1) is 6.10 Å². The molecular weight excluding hydrogens is 281 g/mol. The minimum atomic E-state index is 0.283. The minimum Gasteiger partial charge on any atom is -0.378 e. The molecule has 1 heterocycles. The molecule has 1 aliphatic rings. The summed E-state index contributed by atoms with van der Waals surface area (Å²) in [6, 6.07) is 6.00. The zero-order valence-electron chi connectivity index (χ0n) is 11.3. The highest BCUT2D eigenvalue weighted by Gasteiger charge is 2.17. The standard InChI is InChI=1S/C15H21Cl2NO/c1-2-15(13-6-5-11(16)10-14(13)17)18-8-7-12-4-3-9-19-12/h5-6,10,12,15,18H,2-4,7-9H2,1H3. The topological polar surface area (TPSA) is 21.3 Å². The van der Waals surface area contributed by atoms with E-state index in [4.69, 9.17) is 27.9 Å². The molecule has 1 aromatic carbocycles. The van der Waals surface area contributed by atoms with Gasteiger partial charge in [-0.05, 0) is 49.9 Å². The van der Waals surface area contributed by atoms with Crippen molar-refractivity contribution in [1.29, 1.82) is 0 Å². The Kier molecular flexibility index (Phi) is 5.96. The molecular formula is C15H21Cl2NO. The van der Waals surface area contributed by atoms with Crippen LogP contribution in [0, 0.1) is 0 Å². The lowest BCUT2D eigenvalue weighted by molar-refractivity contribution is 0.103. The Balaban J connectivity index is 1.88. The molecule has 2 nitrogen and oxygen atoms in total. The van der Waals surface area contributed by atoms with Gasteiger partial charge in [0.1, 0.15) is 0 Å². The second-order valence-corrected chi connectivity index (χ2v) is 5.85. The Labute approximate surface area is 125 Å². The number of rotatable bonds is 6. The third kappa shape index (κ3) is 4.35. The zero-order chi connectivity index (χ0) is 13.7. The quantitative estimate of drug-likeness (QED) is 0.829. The maximum Gasteiger partial charge on any atom is 0.0588 e. The molecule has 19 heavy (non-hydrogen) atoms. The van der Waals surface area contributed by atoms with Gasteiger partial charge in [0, 0.05) is 22.7 Å². The second-order valence-electron chi connectivity index (χ2n) is 5.00. The van der Waals surface area contributed by atoms with E-state index >= 15 is 0 Å². The maximum absolute atomic E-state index is 6.26. The molecule has 0 bridgehead atoms. The summed E-state index contributed by atoms with van der Waals surface area (Å²) in [4.78, 5) is 0. The molecule has 1 fully saturated rings. The van der Waals surface area contributed by atoms with Crippen LogP contribution in [-0.2, 0) is 4.74 Å². The molecule has 0 radical (unpaired) electrons. The van der Waals surface area contributed by atoms with Gasteiger partial charge >= 0.3 is 0 Å². The molecule has 2 atom stereocenters. The summed E-state index contributed by atoms with van der Waals surface area (Å²) in [7, 11) is 0. The summed E-state index contributed by atoms with van der Waals surface area (Å²) < 4.78 is 5.63. The van der Waals surface area contributed by atoms with Gasteiger partial charge in [-0.3, -0.25) is 0 Å². The van der Waals surface area contributed by atoms with E-state index in [1.807, 2.05) is 18.2 Å². The summed E-state index contributed by atoms with van der Waals surface area (Å²) in [5, 5.41) is 4.99. The number of benzene rings is 1. The lowest BCUT2D eigenvalue weighted by atomic mass is 10.0. The molecule has 0 spiro atoms. The lowest BCUT2D eigenvalue weighted by Gasteiger charge is -2.20. The van der Waals surface area contributed by atoms with Crippen LogP contribution in [0.3, 0.4) is 0 Å². The predicted octanol–water partition coefficient (Wildman–Crippen LogP) is 4.60. The van der Waals surface area contributed by atoms with Gasteiger partial charge in [0.2, 0.25) is 0 Å². The first-order valence-electron chi connectivity index (χ1n) is 7.00. The lowest BCUT2D eigenvalue weighted by Crippen LogP contribution is -2.25. The van der Waals surface area contributed by atoms with Crippen LogP contribution < -0.4 is 5.32 Å². The molecule has 0 aliphatic carbocycles. The fraction of sp³-hybridized carbons (Fsp3) is 0.600. The van der Waals surface area contributed by atoms with Crippen LogP contribution in [0.5, 0.6) is 0 Å². The minimum absolute atomic E-state index is 0.283. The fourth-order valence-electron chi connectivity index (χ4n) is 2.55. The number of ether oxygens (including phenoxy) is 1. The van der Waals surface area contributed by atoms with Crippen LogP contribution in [0.15, 0.2) is 18.2 Å². The van der Waals surface area contributed by atoms with Crippen LogP contribution in [0.4, 0.5) is 0 Å². The highest BCUT2D eigenvalue weighted by Crippen LogP contribution is 2.28. The highest BCUT2D eigenvalue weighted by atomic mass is 35.5. The van der Waals surface area contributed by atoms with Crippen LogP contribution in [-0.4, -0.2) is 19.3 Å². The van der Waals surface area contributed by atoms with Crippen molar-refractivity contribution in [1.82, 2.24) is 5.32 Å². The van der Waals surface area contributed by atoms with Crippen molar-refractivity contribution in [3.8, 4) is 0 Å². The van der Waals surface area contributed by atoms with Gasteiger partial charge in [0.15, 0.2) is 0 Å². The molecule has 0 amide bonds. The summed E-state index contributed by atoms with van der Waals surface area (Å²) in [5.41, 5.74) is 1.13. The Morgan fingerprint density at radius 2 is 2.26 bits per heavy atom. The Hall–Kier alpha value is -0.280. The van der Waals surface area contributed by atoms with E-state index in [2.05, 4.69) is 12.2 Å². The van der Waals surface area contributed by atoms with Crippen molar-refractivity contribution in [2.24, 2.45) is 0 Å². The number of halogens is 2. The third-order valence-corrected chi connectivity index (χ3v) is 4.19. The summed E-state index contributed by atoms with van der Waals surface area (Å²) in [5.74, 6) is 0. The first-order chi connectivity index (χ1) is 9.20. The third-order valence-electron chi connectivity index (χ3n) is 3.63. The van der Waals surface area contributed by atoms with E-state index in [1.165, 1.54) is 12.8 Å². The van der Waals surface area contributed by atoms with E-state index in [0.29, 0.717) is 11.1 Å². The number of hydrogen-bond acceptors (Lipinski definition) is 2. The predicted molar refractivity (Wildman–Crippen MR) is 81.1 cm³/mol. The van der Waals surface area contributed by atoms with Gasteiger partial charge in [-0.25, -0.2) is 0 Å². The Bertz CT molecular complexity index is 405. The average Bonchev–Trinajstić information content (AvgIpc) is 2.89. The maximum atomic E-state index is 6.26. The van der Waals surface area contributed by atoms with E-state index in [-0.39, 0.29) is 6.04 Å². The molecule has 0 saturated carbocycles. The molecule has 2 unspecified atom stereocenters. The van der Waals surface area contributed by atoms with Crippen LogP contribution in [0.1, 0.15) is 44.2 Å². The van der Waals surface area contributed by atoms with E-state index in [1.54, 1.807) is 0 Å². The van der Waals surface area contributed by atoms with Crippen LogP contribution >= 0.6 is 23.2 Å². The van der Waals surface area contributed by atoms with Crippen molar-refractivity contribution >= 4 is 23.2 Å². The van der Waals surface area contributed by atoms with E-state index in [9.17, 15) is 0 Å². The fourth-order valence-corrected chi connectivity index (χ4v) is 3.09. The average molecular weight is 302 g/mol. The molecule has 4 heteroatoms. The molecule has 0 aromatic heterocycles. The first kappa shape index (κ1) is 15.1. The van der Waals surface area contributed by atoms with Gasteiger partial charge < -0.3 is 10.1 Å². The van der Waals surface area contributed by atoms with Gasteiger partial charge in [-0.2, -0.15) is 0 Å². The molecule has 1 N–H and O–H groups in total. The molecule has 106 valence electrons. The normalized spacial score (nSPS) is 20.7. The summed E-state index contributed by atoms with van der Waals surface area (Å²) >= 11 is 12.2. The first-order valence-corrected chi connectivity index (χ1v) is 7.76. The second kappa shape index (κ2) is 7.49. The highest BCUT2D eigenvalue weighted by molar-refractivity contribution is 6.35. The van der Waals surface area contributed by atoms with Crippen LogP contribution in [0.25, 0.3) is 0 Å². The van der Waals surface area contributed by atoms with Crippen LogP contribution in [0.2, 0.25) is 10.0 Å². The molecule has 2 rings (SSSR count). The molecule has 1 aromatic rings. The van der Waals surface area contributed by atoms with Crippen molar-refractivity contribution in [2.45, 2.75) is 44.8 Å². The monoisotopic (exact) mass is 301 g/mol. The van der Waals surface area contributed by atoms with Gasteiger partial charge in [0.25, 0.3) is 0 Å². The molecule has 1 aliphatic heterocycles. The Morgan fingerprint density at radius 1 is 1.42 bits per heavy atom. The zero-order valence-corrected chi connectivity index (χ0v) is 12.8. The summed E-state index contributed by atoms with van der Waals surface area (Å²) in [6.07, 6.45) is 4.91. The SMILES string of the molecule is CCC(NCCC1CCCO1)c1ccc(Cl)cc1Cl. The number of hydrogen-bond donors (Lipinski definition) is 1. The Morgan fingerprint density at radius 3 is 2.89 bits per heavy atom. The largest absolute Gasteiger partial charge is 0.378 e. The van der Waals surface area contributed by atoms with E-state index < -0.39 is 0 Å².